The van der Waals surface area contributed by atoms with Crippen LogP contribution in [0.3, 0.4) is 0 Å². The van der Waals surface area contributed by atoms with E-state index in [0.717, 1.165) is 51.6 Å². The molecule has 0 aliphatic carbocycles. The minimum Gasteiger partial charge on any atom is -0.508 e. The summed E-state index contributed by atoms with van der Waals surface area (Å²) in [6, 6.07) is 5.35. The Labute approximate surface area is 192 Å². The molecule has 1 aliphatic heterocycles. The molecule has 0 saturated carbocycles. The van der Waals surface area contributed by atoms with Crippen molar-refractivity contribution >= 4 is 17.5 Å². The molecule has 0 radical (unpaired) electrons. The van der Waals surface area contributed by atoms with Crippen LogP contribution in [0.2, 0.25) is 0 Å². The first-order valence-electron chi connectivity index (χ1n) is 11.7. The van der Waals surface area contributed by atoms with E-state index >= 15 is 0 Å². The topological polar surface area (TPSA) is 80.6 Å². The molecule has 0 unspecified atom stereocenters. The summed E-state index contributed by atoms with van der Waals surface area (Å²) in [5, 5.41) is 10.5. The molecule has 178 valence electrons. The van der Waals surface area contributed by atoms with E-state index in [2.05, 4.69) is 18.7 Å². The first kappa shape index (κ1) is 25.6. The first-order chi connectivity index (χ1) is 15.5. The largest absolute Gasteiger partial charge is 0.508 e. The summed E-state index contributed by atoms with van der Waals surface area (Å²) in [4.78, 5) is 19.5. The van der Waals surface area contributed by atoms with Gasteiger partial charge >= 0.3 is 5.97 Å². The molecule has 0 saturated heterocycles. The third-order valence-electron chi connectivity index (χ3n) is 5.53. The number of aliphatic imine (C=N–C) groups is 1. The van der Waals surface area contributed by atoms with Gasteiger partial charge < -0.3 is 24.2 Å². The van der Waals surface area contributed by atoms with Gasteiger partial charge in [-0.05, 0) is 25.0 Å². The van der Waals surface area contributed by atoms with E-state index in [1.165, 1.54) is 12.8 Å². The molecule has 0 amide bonds. The number of cyclic esters (lactones) is 1. The third-order valence-corrected chi connectivity index (χ3v) is 5.53. The Morgan fingerprint density at radius 3 is 2.19 bits per heavy atom. The Morgan fingerprint density at radius 2 is 1.69 bits per heavy atom. The Morgan fingerprint density at radius 1 is 1.03 bits per heavy atom. The zero-order valence-corrected chi connectivity index (χ0v) is 20.0. The van der Waals surface area contributed by atoms with Crippen molar-refractivity contribution in [3.8, 4) is 11.5 Å². The molecule has 7 heteroatoms. The fourth-order valence-corrected chi connectivity index (χ4v) is 3.67. The maximum Gasteiger partial charge on any atom is 0.345 e. The minimum absolute atomic E-state index is 0.0756. The fourth-order valence-electron chi connectivity index (χ4n) is 3.67. The van der Waals surface area contributed by atoms with Gasteiger partial charge in [0.2, 0.25) is 0 Å². The van der Waals surface area contributed by atoms with Gasteiger partial charge in [-0.15, -0.1) is 0 Å². The van der Waals surface area contributed by atoms with Crippen LogP contribution in [0.5, 0.6) is 11.5 Å². The van der Waals surface area contributed by atoms with Crippen molar-refractivity contribution in [3.05, 3.63) is 29.5 Å². The van der Waals surface area contributed by atoms with Crippen LogP contribution in [-0.2, 0) is 9.53 Å². The average Bonchev–Trinajstić information content (AvgIpc) is 3.14. The lowest BCUT2D eigenvalue weighted by atomic mass is 10.1. The summed E-state index contributed by atoms with van der Waals surface area (Å²) in [6.07, 6.45) is 8.83. The SMILES string of the molecule is CCCCCCN(CCCCCC)C(=Nc1ccc(OC)cc1OC)C1=C(O)COC1=O. The molecule has 1 aromatic rings. The van der Waals surface area contributed by atoms with Crippen LogP contribution in [0.15, 0.2) is 34.5 Å². The number of amidine groups is 1. The van der Waals surface area contributed by atoms with Crippen LogP contribution in [0.25, 0.3) is 0 Å². The number of unbranched alkanes of at least 4 members (excludes halogenated alkanes) is 6. The van der Waals surface area contributed by atoms with E-state index in [1.807, 2.05) is 0 Å². The van der Waals surface area contributed by atoms with Gasteiger partial charge in [-0.3, -0.25) is 0 Å². The number of carbonyl (C=O) groups excluding carboxylic acids is 1. The molecule has 0 spiro atoms. The van der Waals surface area contributed by atoms with E-state index in [4.69, 9.17) is 19.2 Å². The Hall–Kier alpha value is -2.70. The molecule has 32 heavy (non-hydrogen) atoms. The Balaban J connectivity index is 2.45. The molecule has 1 N–H and O–H groups in total. The number of esters is 1. The van der Waals surface area contributed by atoms with Gasteiger partial charge in [0.1, 0.15) is 41.0 Å². The second-order valence-corrected chi connectivity index (χ2v) is 7.98. The smallest absolute Gasteiger partial charge is 0.345 e. The predicted octanol–water partition coefficient (Wildman–Crippen LogP) is 5.57. The number of aliphatic hydroxyl groups excluding tert-OH is 1. The van der Waals surface area contributed by atoms with Crippen molar-refractivity contribution in [2.75, 3.05) is 33.9 Å². The first-order valence-corrected chi connectivity index (χ1v) is 11.7. The quantitative estimate of drug-likeness (QED) is 0.174. The molecular formula is C25H38N2O5. The fraction of sp³-hybridized carbons (Fsp3) is 0.600. The molecular weight excluding hydrogens is 408 g/mol. The lowest BCUT2D eigenvalue weighted by molar-refractivity contribution is -0.135. The normalized spacial score (nSPS) is 14.0. The number of ether oxygens (including phenoxy) is 3. The van der Waals surface area contributed by atoms with Gasteiger partial charge in [0.25, 0.3) is 0 Å². The van der Waals surface area contributed by atoms with Crippen molar-refractivity contribution < 1.29 is 24.1 Å². The van der Waals surface area contributed by atoms with Crippen molar-refractivity contribution in [1.82, 2.24) is 4.90 Å². The van der Waals surface area contributed by atoms with Crippen molar-refractivity contribution in [1.29, 1.82) is 0 Å². The Bertz CT molecular complexity index is 792. The zero-order chi connectivity index (χ0) is 23.3. The number of hydrogen-bond donors (Lipinski definition) is 1. The standard InChI is InChI=1S/C25H38N2O5/c1-5-7-9-11-15-27(16-12-10-8-6-2)24(23-21(28)18-32-25(23)29)26-20-14-13-19(30-3)17-22(20)31-4/h13-14,17,28H,5-12,15-16,18H2,1-4H3. The van der Waals surface area contributed by atoms with Crippen molar-refractivity contribution in [2.24, 2.45) is 4.99 Å². The van der Waals surface area contributed by atoms with E-state index in [-0.39, 0.29) is 17.9 Å². The highest BCUT2D eigenvalue weighted by Crippen LogP contribution is 2.33. The molecule has 0 aromatic heterocycles. The van der Waals surface area contributed by atoms with Gasteiger partial charge in [0.05, 0.1) is 14.2 Å². The van der Waals surface area contributed by atoms with E-state index in [0.29, 0.717) is 23.0 Å². The number of methoxy groups -OCH3 is 2. The van der Waals surface area contributed by atoms with Gasteiger partial charge in [-0.25, -0.2) is 9.79 Å². The maximum absolute atomic E-state index is 12.5. The monoisotopic (exact) mass is 446 g/mol. The van der Waals surface area contributed by atoms with Gasteiger partial charge in [0, 0.05) is 19.2 Å². The van der Waals surface area contributed by atoms with Crippen LogP contribution >= 0.6 is 0 Å². The molecule has 0 atom stereocenters. The summed E-state index contributed by atoms with van der Waals surface area (Å²) >= 11 is 0. The number of rotatable bonds is 14. The summed E-state index contributed by atoms with van der Waals surface area (Å²) < 4.78 is 15.9. The van der Waals surface area contributed by atoms with E-state index in [9.17, 15) is 9.90 Å². The highest BCUT2D eigenvalue weighted by atomic mass is 16.5. The summed E-state index contributed by atoms with van der Waals surface area (Å²) in [7, 11) is 3.16. The molecule has 0 fully saturated rings. The van der Waals surface area contributed by atoms with E-state index in [1.54, 1.807) is 32.4 Å². The van der Waals surface area contributed by atoms with Gasteiger partial charge in [-0.2, -0.15) is 0 Å². The number of benzene rings is 1. The predicted molar refractivity (Wildman–Crippen MR) is 127 cm³/mol. The third kappa shape index (κ3) is 7.18. The Kier molecular flexibility index (Phi) is 10.9. The summed E-state index contributed by atoms with van der Waals surface area (Å²) in [5.41, 5.74) is 0.712. The second kappa shape index (κ2) is 13.7. The van der Waals surface area contributed by atoms with Crippen LogP contribution < -0.4 is 9.47 Å². The lowest BCUT2D eigenvalue weighted by Gasteiger charge is -2.27. The molecule has 1 aliphatic rings. The number of hydrogen-bond acceptors (Lipinski definition) is 6. The second-order valence-electron chi connectivity index (χ2n) is 7.98. The molecule has 0 bridgehead atoms. The molecule has 2 rings (SSSR count). The average molecular weight is 447 g/mol. The molecule has 1 heterocycles. The highest BCUT2D eigenvalue weighted by molar-refractivity contribution is 6.20. The van der Waals surface area contributed by atoms with E-state index < -0.39 is 5.97 Å². The van der Waals surface area contributed by atoms with Crippen LogP contribution in [0, 0.1) is 0 Å². The molecule has 1 aromatic carbocycles. The maximum atomic E-state index is 12.5. The molecule has 7 nitrogen and oxygen atoms in total. The van der Waals surface area contributed by atoms with Gasteiger partial charge in [0.15, 0.2) is 0 Å². The summed E-state index contributed by atoms with van der Waals surface area (Å²) in [6.45, 7) is 5.76. The lowest BCUT2D eigenvalue weighted by Crippen LogP contribution is -2.36. The minimum atomic E-state index is -0.541. The van der Waals surface area contributed by atoms with Crippen LogP contribution in [0.4, 0.5) is 5.69 Å². The highest BCUT2D eigenvalue weighted by Gasteiger charge is 2.32. The number of carbonyl (C=O) groups is 1. The van der Waals surface area contributed by atoms with Crippen LogP contribution in [0.1, 0.15) is 65.2 Å². The number of aliphatic hydroxyl groups is 1. The van der Waals surface area contributed by atoms with Crippen molar-refractivity contribution in [3.63, 3.8) is 0 Å². The summed E-state index contributed by atoms with van der Waals surface area (Å²) in [5.74, 6) is 1.02. The zero-order valence-electron chi connectivity index (χ0n) is 20.0. The van der Waals surface area contributed by atoms with Gasteiger partial charge in [-0.1, -0.05) is 52.4 Å². The van der Waals surface area contributed by atoms with Crippen LogP contribution in [-0.4, -0.2) is 55.7 Å². The van der Waals surface area contributed by atoms with Crippen molar-refractivity contribution in [2.45, 2.75) is 65.2 Å². The number of nitrogens with zero attached hydrogens (tertiary/aromatic N) is 2.